The van der Waals surface area contributed by atoms with Gasteiger partial charge in [0.25, 0.3) is 0 Å². The number of hydrogen-bond donors (Lipinski definition) is 1. The Bertz CT molecular complexity index is 427. The molecule has 0 saturated heterocycles. The SMILES string of the molecule is CCCOc1ccc(C(N)C2(C)CCCC2)cc1Br. The van der Waals surface area contributed by atoms with Crippen LogP contribution in [0.2, 0.25) is 0 Å². The van der Waals surface area contributed by atoms with E-state index < -0.39 is 0 Å². The molecule has 1 aliphatic carbocycles. The zero-order chi connectivity index (χ0) is 13.9. The van der Waals surface area contributed by atoms with Crippen LogP contribution in [0.15, 0.2) is 22.7 Å². The van der Waals surface area contributed by atoms with E-state index in [1.54, 1.807) is 0 Å². The summed E-state index contributed by atoms with van der Waals surface area (Å²) in [6.07, 6.45) is 6.11. The minimum Gasteiger partial charge on any atom is -0.492 e. The lowest BCUT2D eigenvalue weighted by molar-refractivity contribution is 0.265. The maximum atomic E-state index is 6.49. The number of ether oxygens (including phenoxy) is 1. The first-order chi connectivity index (χ1) is 9.07. The van der Waals surface area contributed by atoms with Crippen LogP contribution in [0.4, 0.5) is 0 Å². The Labute approximate surface area is 124 Å². The van der Waals surface area contributed by atoms with E-state index in [1.807, 2.05) is 6.07 Å². The topological polar surface area (TPSA) is 35.2 Å². The zero-order valence-electron chi connectivity index (χ0n) is 11.9. The van der Waals surface area contributed by atoms with Crippen molar-refractivity contribution in [1.29, 1.82) is 0 Å². The van der Waals surface area contributed by atoms with Crippen molar-refractivity contribution in [2.24, 2.45) is 11.1 Å². The van der Waals surface area contributed by atoms with Crippen LogP contribution in [-0.2, 0) is 0 Å². The second-order valence-corrected chi connectivity index (χ2v) is 6.73. The highest BCUT2D eigenvalue weighted by molar-refractivity contribution is 9.10. The molecule has 0 bridgehead atoms. The fourth-order valence-electron chi connectivity index (χ4n) is 2.94. The van der Waals surface area contributed by atoms with Crippen molar-refractivity contribution >= 4 is 15.9 Å². The monoisotopic (exact) mass is 325 g/mol. The van der Waals surface area contributed by atoms with Crippen molar-refractivity contribution < 1.29 is 4.74 Å². The van der Waals surface area contributed by atoms with Gasteiger partial charge in [-0.15, -0.1) is 0 Å². The van der Waals surface area contributed by atoms with Gasteiger partial charge < -0.3 is 10.5 Å². The highest BCUT2D eigenvalue weighted by atomic mass is 79.9. The highest BCUT2D eigenvalue weighted by Crippen LogP contribution is 2.46. The third kappa shape index (κ3) is 3.32. The minimum absolute atomic E-state index is 0.117. The molecular weight excluding hydrogens is 302 g/mol. The number of rotatable bonds is 5. The molecule has 19 heavy (non-hydrogen) atoms. The van der Waals surface area contributed by atoms with E-state index in [9.17, 15) is 0 Å². The van der Waals surface area contributed by atoms with Gasteiger partial charge in [-0.3, -0.25) is 0 Å². The van der Waals surface area contributed by atoms with Crippen LogP contribution in [0, 0.1) is 5.41 Å². The first kappa shape index (κ1) is 14.9. The van der Waals surface area contributed by atoms with Gasteiger partial charge in [0.2, 0.25) is 0 Å². The van der Waals surface area contributed by atoms with Crippen LogP contribution in [0.3, 0.4) is 0 Å². The summed E-state index contributed by atoms with van der Waals surface area (Å²) in [4.78, 5) is 0. The van der Waals surface area contributed by atoms with E-state index in [0.717, 1.165) is 23.2 Å². The quantitative estimate of drug-likeness (QED) is 0.842. The summed E-state index contributed by atoms with van der Waals surface area (Å²) < 4.78 is 6.69. The summed E-state index contributed by atoms with van der Waals surface area (Å²) in [5.74, 6) is 0.911. The Balaban J connectivity index is 2.14. The molecule has 0 aliphatic heterocycles. The van der Waals surface area contributed by atoms with E-state index in [2.05, 4.69) is 41.9 Å². The lowest BCUT2D eigenvalue weighted by Crippen LogP contribution is -2.29. The molecular formula is C16H24BrNO. The molecule has 2 N–H and O–H groups in total. The van der Waals surface area contributed by atoms with E-state index in [0.29, 0.717) is 0 Å². The molecule has 106 valence electrons. The molecule has 2 nitrogen and oxygen atoms in total. The molecule has 1 aromatic carbocycles. The summed E-state index contributed by atoms with van der Waals surface area (Å²) in [7, 11) is 0. The van der Waals surface area contributed by atoms with Gasteiger partial charge >= 0.3 is 0 Å². The van der Waals surface area contributed by atoms with E-state index >= 15 is 0 Å². The second kappa shape index (κ2) is 6.27. The maximum Gasteiger partial charge on any atom is 0.133 e. The van der Waals surface area contributed by atoms with E-state index in [4.69, 9.17) is 10.5 Å². The smallest absolute Gasteiger partial charge is 0.133 e. The number of hydrogen-bond acceptors (Lipinski definition) is 2. The Morgan fingerprint density at radius 1 is 1.37 bits per heavy atom. The van der Waals surface area contributed by atoms with Crippen molar-refractivity contribution in [1.82, 2.24) is 0 Å². The van der Waals surface area contributed by atoms with Gasteiger partial charge in [-0.2, -0.15) is 0 Å². The fraction of sp³-hybridized carbons (Fsp3) is 0.625. The molecule has 1 aliphatic rings. The van der Waals surface area contributed by atoms with Crippen LogP contribution in [-0.4, -0.2) is 6.61 Å². The van der Waals surface area contributed by atoms with Gasteiger partial charge in [0, 0.05) is 6.04 Å². The van der Waals surface area contributed by atoms with Gasteiger partial charge in [0.05, 0.1) is 11.1 Å². The standard InChI is InChI=1S/C16H24BrNO/c1-3-10-19-14-7-6-12(11-13(14)17)15(18)16(2)8-4-5-9-16/h6-7,11,15H,3-5,8-10,18H2,1-2H3. The molecule has 1 atom stereocenters. The van der Waals surface area contributed by atoms with Crippen LogP contribution in [0.25, 0.3) is 0 Å². The molecule has 0 amide bonds. The van der Waals surface area contributed by atoms with Gasteiger partial charge in [0.1, 0.15) is 5.75 Å². The molecule has 1 unspecified atom stereocenters. The predicted molar refractivity (Wildman–Crippen MR) is 83.4 cm³/mol. The summed E-state index contributed by atoms with van der Waals surface area (Å²) in [6, 6.07) is 6.39. The van der Waals surface area contributed by atoms with E-state index in [1.165, 1.54) is 31.2 Å². The lowest BCUT2D eigenvalue weighted by atomic mass is 9.78. The van der Waals surface area contributed by atoms with Crippen molar-refractivity contribution in [3.63, 3.8) is 0 Å². The van der Waals surface area contributed by atoms with Crippen molar-refractivity contribution in [2.45, 2.75) is 52.0 Å². The van der Waals surface area contributed by atoms with Gasteiger partial charge in [-0.25, -0.2) is 0 Å². The van der Waals surface area contributed by atoms with Crippen LogP contribution in [0.1, 0.15) is 57.6 Å². The second-order valence-electron chi connectivity index (χ2n) is 5.88. The summed E-state index contributed by atoms with van der Waals surface area (Å²) in [6.45, 7) is 5.18. The zero-order valence-corrected chi connectivity index (χ0v) is 13.5. The Hall–Kier alpha value is -0.540. The molecule has 0 aromatic heterocycles. The average molecular weight is 326 g/mol. The normalized spacial score (nSPS) is 19.4. The molecule has 1 aromatic rings. The van der Waals surface area contributed by atoms with Crippen molar-refractivity contribution in [2.75, 3.05) is 6.61 Å². The van der Waals surface area contributed by atoms with Crippen LogP contribution >= 0.6 is 15.9 Å². The highest BCUT2D eigenvalue weighted by Gasteiger charge is 2.35. The Kier molecular flexibility index (Phi) is 4.91. The van der Waals surface area contributed by atoms with Crippen LogP contribution < -0.4 is 10.5 Å². The van der Waals surface area contributed by atoms with Gasteiger partial charge in [-0.1, -0.05) is 32.8 Å². The Morgan fingerprint density at radius 2 is 2.05 bits per heavy atom. The van der Waals surface area contributed by atoms with Crippen molar-refractivity contribution in [3.05, 3.63) is 28.2 Å². The third-order valence-electron chi connectivity index (χ3n) is 4.27. The Morgan fingerprint density at radius 3 is 2.63 bits per heavy atom. The largest absolute Gasteiger partial charge is 0.492 e. The molecule has 0 heterocycles. The summed E-state index contributed by atoms with van der Waals surface area (Å²) in [5.41, 5.74) is 7.96. The molecule has 2 rings (SSSR count). The number of halogens is 1. The third-order valence-corrected chi connectivity index (χ3v) is 4.89. The van der Waals surface area contributed by atoms with Gasteiger partial charge in [-0.05, 0) is 58.3 Å². The van der Waals surface area contributed by atoms with Crippen molar-refractivity contribution in [3.8, 4) is 5.75 Å². The molecule has 1 fully saturated rings. The number of nitrogens with two attached hydrogens (primary N) is 1. The first-order valence-electron chi connectivity index (χ1n) is 7.24. The van der Waals surface area contributed by atoms with Gasteiger partial charge in [0.15, 0.2) is 0 Å². The summed E-state index contributed by atoms with van der Waals surface area (Å²) in [5, 5.41) is 0. The molecule has 3 heteroatoms. The fourth-order valence-corrected chi connectivity index (χ4v) is 3.45. The first-order valence-corrected chi connectivity index (χ1v) is 8.04. The number of benzene rings is 1. The molecule has 0 radical (unpaired) electrons. The van der Waals surface area contributed by atoms with Crippen LogP contribution in [0.5, 0.6) is 5.75 Å². The average Bonchev–Trinajstić information content (AvgIpc) is 2.84. The van der Waals surface area contributed by atoms with E-state index in [-0.39, 0.29) is 11.5 Å². The lowest BCUT2D eigenvalue weighted by Gasteiger charge is -2.31. The predicted octanol–water partition coefficient (Wildman–Crippen LogP) is 4.82. The molecule has 1 saturated carbocycles. The summed E-state index contributed by atoms with van der Waals surface area (Å²) >= 11 is 3.59. The molecule has 0 spiro atoms. The minimum atomic E-state index is 0.117. The maximum absolute atomic E-state index is 6.49.